The van der Waals surface area contributed by atoms with Crippen molar-refractivity contribution in [3.05, 3.63) is 40.4 Å². The Balaban J connectivity index is 1.64. The van der Waals surface area contributed by atoms with E-state index in [1.54, 1.807) is 6.07 Å². The second-order valence-corrected chi connectivity index (χ2v) is 6.87. The van der Waals surface area contributed by atoms with Crippen molar-refractivity contribution in [3.8, 4) is 10.6 Å². The average molecular weight is 366 g/mol. The minimum Gasteiger partial charge on any atom is -0.459 e. The number of hydrogen-bond donors (Lipinski definition) is 1. The largest absolute Gasteiger partial charge is 0.459 e. The zero-order valence-corrected chi connectivity index (χ0v) is 14.3. The molecule has 0 aliphatic carbocycles. The van der Waals surface area contributed by atoms with Gasteiger partial charge in [0.2, 0.25) is 0 Å². The summed E-state index contributed by atoms with van der Waals surface area (Å²) in [5.41, 5.74) is 6.09. The Labute approximate surface area is 148 Å². The van der Waals surface area contributed by atoms with Crippen molar-refractivity contribution in [2.24, 2.45) is 5.73 Å². The highest BCUT2D eigenvalue weighted by Crippen LogP contribution is 2.31. The van der Waals surface area contributed by atoms with E-state index in [1.165, 1.54) is 22.4 Å². The predicted molar refractivity (Wildman–Crippen MR) is 92.2 cm³/mol. The number of hydrogen-bond acceptors (Lipinski definition) is 5. The number of nitrogens with zero attached hydrogens (tertiary/aromatic N) is 2. The molecule has 2 N–H and O–H groups in total. The summed E-state index contributed by atoms with van der Waals surface area (Å²) in [4.78, 5) is 29.7. The van der Waals surface area contributed by atoms with Gasteiger partial charge in [-0.25, -0.2) is 14.6 Å². The van der Waals surface area contributed by atoms with Crippen LogP contribution in [-0.4, -0.2) is 41.1 Å². The average Bonchev–Trinajstić information content (AvgIpc) is 3.22. The molecule has 8 heteroatoms. The Kier molecular flexibility index (Phi) is 5.01. The van der Waals surface area contributed by atoms with Gasteiger partial charge in [-0.05, 0) is 18.9 Å². The van der Waals surface area contributed by atoms with E-state index in [1.807, 2.05) is 18.2 Å². The highest BCUT2D eigenvalue weighted by Gasteiger charge is 2.28. The van der Waals surface area contributed by atoms with E-state index in [9.17, 15) is 9.59 Å². The Morgan fingerprint density at radius 1 is 1.42 bits per heavy atom. The standard InChI is InChI=1S/C16H16ClN3O3S/c17-12-6-2-1-5-11(12)14-19-8-13(24-14)15(21)23-9-10-4-3-7-20(10)16(18)22/h1-2,5-6,8,10H,3-4,7,9H2,(H2,18,22). The van der Waals surface area contributed by atoms with Gasteiger partial charge in [-0.15, -0.1) is 11.3 Å². The Hall–Kier alpha value is -2.12. The highest BCUT2D eigenvalue weighted by molar-refractivity contribution is 7.16. The van der Waals surface area contributed by atoms with E-state index in [2.05, 4.69) is 4.98 Å². The summed E-state index contributed by atoms with van der Waals surface area (Å²) in [7, 11) is 0. The minimum atomic E-state index is -0.479. The molecule has 2 aromatic rings. The van der Waals surface area contributed by atoms with Crippen LogP contribution in [0.4, 0.5) is 4.79 Å². The molecule has 0 saturated carbocycles. The molecule has 0 spiro atoms. The van der Waals surface area contributed by atoms with Gasteiger partial charge in [0, 0.05) is 12.1 Å². The van der Waals surface area contributed by atoms with Crippen molar-refractivity contribution in [1.29, 1.82) is 0 Å². The lowest BCUT2D eigenvalue weighted by molar-refractivity contribution is 0.0427. The van der Waals surface area contributed by atoms with Crippen LogP contribution in [0.2, 0.25) is 5.02 Å². The third kappa shape index (κ3) is 3.52. The van der Waals surface area contributed by atoms with Crippen LogP contribution in [-0.2, 0) is 4.74 Å². The molecule has 1 atom stereocenters. The lowest BCUT2D eigenvalue weighted by Crippen LogP contribution is -2.41. The number of benzene rings is 1. The number of likely N-dealkylation sites (tertiary alicyclic amines) is 1. The minimum absolute atomic E-state index is 0.140. The summed E-state index contributed by atoms with van der Waals surface area (Å²) in [5, 5.41) is 1.24. The van der Waals surface area contributed by atoms with E-state index in [4.69, 9.17) is 22.1 Å². The first-order valence-electron chi connectivity index (χ1n) is 7.50. The fourth-order valence-corrected chi connectivity index (χ4v) is 3.80. The van der Waals surface area contributed by atoms with Crippen molar-refractivity contribution >= 4 is 34.9 Å². The zero-order chi connectivity index (χ0) is 17.1. The molecule has 2 amide bonds. The molecule has 1 aromatic carbocycles. The SMILES string of the molecule is NC(=O)N1CCCC1COC(=O)c1cnc(-c2ccccc2Cl)s1. The predicted octanol–water partition coefficient (Wildman–Crippen LogP) is 3.16. The van der Waals surface area contributed by atoms with E-state index in [0.717, 1.165) is 18.4 Å². The van der Waals surface area contributed by atoms with Gasteiger partial charge in [0.1, 0.15) is 16.5 Å². The number of carbonyl (C=O) groups excluding carboxylic acids is 2. The molecule has 1 saturated heterocycles. The van der Waals surface area contributed by atoms with Crippen molar-refractivity contribution in [1.82, 2.24) is 9.88 Å². The fraction of sp³-hybridized carbons (Fsp3) is 0.312. The Bertz CT molecular complexity index is 765. The maximum absolute atomic E-state index is 12.2. The van der Waals surface area contributed by atoms with Gasteiger partial charge in [-0.3, -0.25) is 0 Å². The number of carbonyl (C=O) groups is 2. The first-order chi connectivity index (χ1) is 11.6. The van der Waals surface area contributed by atoms with Gasteiger partial charge in [0.25, 0.3) is 0 Å². The number of ether oxygens (including phenoxy) is 1. The number of esters is 1. The number of aromatic nitrogens is 1. The molecule has 126 valence electrons. The Morgan fingerprint density at radius 2 is 2.21 bits per heavy atom. The number of nitrogens with two attached hydrogens (primary N) is 1. The van der Waals surface area contributed by atoms with Crippen molar-refractivity contribution in [3.63, 3.8) is 0 Å². The van der Waals surface area contributed by atoms with Gasteiger partial charge >= 0.3 is 12.0 Å². The van der Waals surface area contributed by atoms with Crippen LogP contribution in [0.1, 0.15) is 22.5 Å². The summed E-state index contributed by atoms with van der Waals surface area (Å²) >= 11 is 7.36. The topological polar surface area (TPSA) is 85.5 Å². The summed E-state index contributed by atoms with van der Waals surface area (Å²) in [6.07, 6.45) is 3.12. The van der Waals surface area contributed by atoms with Crippen LogP contribution < -0.4 is 5.73 Å². The van der Waals surface area contributed by atoms with E-state index in [0.29, 0.717) is 21.5 Å². The van der Waals surface area contributed by atoms with Crippen LogP contribution in [0.15, 0.2) is 30.5 Å². The molecule has 1 aliphatic heterocycles. The molecule has 2 heterocycles. The number of halogens is 1. The zero-order valence-electron chi connectivity index (χ0n) is 12.8. The van der Waals surface area contributed by atoms with Gasteiger partial charge in [0.15, 0.2) is 0 Å². The number of thiazole rings is 1. The summed E-state index contributed by atoms with van der Waals surface area (Å²) in [6, 6.07) is 6.68. The maximum atomic E-state index is 12.2. The number of urea groups is 1. The second-order valence-electron chi connectivity index (χ2n) is 5.44. The van der Waals surface area contributed by atoms with Crippen LogP contribution in [0.5, 0.6) is 0 Å². The highest BCUT2D eigenvalue weighted by atomic mass is 35.5. The smallest absolute Gasteiger partial charge is 0.350 e. The number of amides is 2. The second kappa shape index (κ2) is 7.19. The molecular weight excluding hydrogens is 350 g/mol. The third-order valence-corrected chi connectivity index (χ3v) is 5.22. The van der Waals surface area contributed by atoms with Crippen LogP contribution in [0.3, 0.4) is 0 Å². The first-order valence-corrected chi connectivity index (χ1v) is 8.69. The first kappa shape index (κ1) is 16.7. The molecule has 1 aliphatic rings. The lowest BCUT2D eigenvalue weighted by atomic mass is 10.2. The Morgan fingerprint density at radius 3 is 2.96 bits per heavy atom. The molecule has 6 nitrogen and oxygen atoms in total. The van der Waals surface area contributed by atoms with E-state index in [-0.39, 0.29) is 12.6 Å². The molecule has 0 bridgehead atoms. The molecule has 3 rings (SSSR count). The maximum Gasteiger partial charge on any atom is 0.350 e. The number of primary amides is 1. The van der Waals surface area contributed by atoms with Crippen LogP contribution in [0.25, 0.3) is 10.6 Å². The van der Waals surface area contributed by atoms with E-state index >= 15 is 0 Å². The molecule has 1 aromatic heterocycles. The third-order valence-electron chi connectivity index (χ3n) is 3.88. The quantitative estimate of drug-likeness (QED) is 0.843. The molecule has 1 unspecified atom stereocenters. The van der Waals surface area contributed by atoms with Gasteiger partial charge in [-0.2, -0.15) is 0 Å². The van der Waals surface area contributed by atoms with Crippen molar-refractivity contribution in [2.75, 3.05) is 13.2 Å². The number of rotatable bonds is 4. The van der Waals surface area contributed by atoms with Gasteiger partial charge in [0.05, 0.1) is 17.3 Å². The van der Waals surface area contributed by atoms with Crippen molar-refractivity contribution < 1.29 is 14.3 Å². The van der Waals surface area contributed by atoms with Crippen LogP contribution in [0, 0.1) is 0 Å². The summed E-state index contributed by atoms with van der Waals surface area (Å²) in [5.74, 6) is -0.456. The van der Waals surface area contributed by atoms with Gasteiger partial charge < -0.3 is 15.4 Å². The molecular formula is C16H16ClN3O3S. The van der Waals surface area contributed by atoms with Crippen LogP contribution >= 0.6 is 22.9 Å². The molecule has 24 heavy (non-hydrogen) atoms. The monoisotopic (exact) mass is 365 g/mol. The fourth-order valence-electron chi connectivity index (χ4n) is 2.67. The van der Waals surface area contributed by atoms with E-state index < -0.39 is 12.0 Å². The summed E-state index contributed by atoms with van der Waals surface area (Å²) in [6.45, 7) is 0.746. The normalized spacial score (nSPS) is 17.0. The van der Waals surface area contributed by atoms with Crippen molar-refractivity contribution in [2.45, 2.75) is 18.9 Å². The lowest BCUT2D eigenvalue weighted by Gasteiger charge is -2.21. The van der Waals surface area contributed by atoms with Gasteiger partial charge in [-0.1, -0.05) is 29.8 Å². The molecule has 1 fully saturated rings. The summed E-state index contributed by atoms with van der Waals surface area (Å²) < 4.78 is 5.32. The molecule has 0 radical (unpaired) electrons.